The van der Waals surface area contributed by atoms with Crippen LogP contribution in [-0.2, 0) is 6.54 Å². The Morgan fingerprint density at radius 2 is 1.88 bits per heavy atom. The van der Waals surface area contributed by atoms with E-state index < -0.39 is 0 Å². The third-order valence-corrected chi connectivity index (χ3v) is 3.78. The number of benzene rings is 1. The summed E-state index contributed by atoms with van der Waals surface area (Å²) >= 11 is 3.51. The lowest BCUT2D eigenvalue weighted by atomic mass is 10.0. The highest BCUT2D eigenvalue weighted by Gasteiger charge is 2.18. The number of hydrogen-bond acceptors (Lipinski definition) is 2. The molecule has 0 heterocycles. The predicted octanol–water partition coefficient (Wildman–Crippen LogP) is 4.00. The Morgan fingerprint density at radius 1 is 1.29 bits per heavy atom. The fraction of sp³-hybridized carbons (Fsp3) is 0.571. The minimum absolute atomic E-state index is 0.173. The van der Waals surface area contributed by atoms with Crippen LogP contribution >= 0.6 is 15.9 Å². The average molecular weight is 300 g/mol. The zero-order valence-corrected chi connectivity index (χ0v) is 13.2. The van der Waals surface area contributed by atoms with Gasteiger partial charge in [0.1, 0.15) is 5.75 Å². The highest BCUT2D eigenvalue weighted by Crippen LogP contribution is 2.29. The van der Waals surface area contributed by atoms with Crippen LogP contribution in [0.2, 0.25) is 0 Å². The van der Waals surface area contributed by atoms with Crippen molar-refractivity contribution in [1.82, 2.24) is 4.90 Å². The van der Waals surface area contributed by atoms with Crippen molar-refractivity contribution < 1.29 is 4.74 Å². The molecule has 3 heteroatoms. The Labute approximate surface area is 113 Å². The normalized spacial score (nSPS) is 12.0. The van der Waals surface area contributed by atoms with E-state index in [-0.39, 0.29) is 5.54 Å². The second-order valence-corrected chi connectivity index (χ2v) is 6.29. The van der Waals surface area contributed by atoms with Crippen LogP contribution in [-0.4, -0.2) is 24.6 Å². The molecule has 1 rings (SSSR count). The van der Waals surface area contributed by atoms with Crippen molar-refractivity contribution in [3.8, 4) is 5.75 Å². The molecule has 96 valence electrons. The molecule has 1 aromatic rings. The molecular weight excluding hydrogens is 278 g/mol. The van der Waals surface area contributed by atoms with Crippen molar-refractivity contribution >= 4 is 15.9 Å². The molecule has 0 fully saturated rings. The molecule has 0 N–H and O–H groups in total. The molecule has 0 saturated carbocycles. The molecule has 0 unspecified atom stereocenters. The number of halogens is 1. The molecule has 0 aromatic heterocycles. The Bertz CT molecular complexity index is 396. The van der Waals surface area contributed by atoms with Crippen LogP contribution in [0.1, 0.15) is 31.9 Å². The second kappa shape index (κ2) is 5.40. The lowest BCUT2D eigenvalue weighted by Crippen LogP contribution is -2.37. The minimum atomic E-state index is 0.173. The summed E-state index contributed by atoms with van der Waals surface area (Å²) in [5.41, 5.74) is 2.77. The standard InChI is InChI=1S/C14H22BrNO/c1-10-7-12(15)13(17-6)8-11(10)9-16(5)14(2,3)4/h7-8H,9H2,1-6H3. The SMILES string of the molecule is COc1cc(CN(C)C(C)(C)C)c(C)cc1Br. The van der Waals surface area contributed by atoms with E-state index in [1.54, 1.807) is 7.11 Å². The predicted molar refractivity (Wildman–Crippen MR) is 76.7 cm³/mol. The van der Waals surface area contributed by atoms with E-state index in [0.717, 1.165) is 16.8 Å². The molecule has 0 bridgehead atoms. The molecule has 0 aliphatic carbocycles. The van der Waals surface area contributed by atoms with E-state index >= 15 is 0 Å². The number of rotatable bonds is 3. The molecule has 17 heavy (non-hydrogen) atoms. The van der Waals surface area contributed by atoms with Gasteiger partial charge in [0, 0.05) is 12.1 Å². The van der Waals surface area contributed by atoms with Gasteiger partial charge in [-0.25, -0.2) is 0 Å². The van der Waals surface area contributed by atoms with Gasteiger partial charge in [-0.2, -0.15) is 0 Å². The van der Waals surface area contributed by atoms with Crippen LogP contribution < -0.4 is 4.74 Å². The summed E-state index contributed by atoms with van der Waals surface area (Å²) in [4.78, 5) is 2.34. The van der Waals surface area contributed by atoms with E-state index in [9.17, 15) is 0 Å². The van der Waals surface area contributed by atoms with Gasteiger partial charge in [-0.15, -0.1) is 0 Å². The van der Waals surface area contributed by atoms with Crippen LogP contribution in [0.4, 0.5) is 0 Å². The molecular formula is C14H22BrNO. The molecule has 0 aliphatic rings. The second-order valence-electron chi connectivity index (χ2n) is 5.44. The first-order chi connectivity index (χ1) is 7.75. The van der Waals surface area contributed by atoms with Crippen molar-refractivity contribution in [2.45, 2.75) is 39.8 Å². The molecule has 2 nitrogen and oxygen atoms in total. The fourth-order valence-corrected chi connectivity index (χ4v) is 2.13. The Hall–Kier alpha value is -0.540. The van der Waals surface area contributed by atoms with Crippen LogP contribution in [0.15, 0.2) is 16.6 Å². The highest BCUT2D eigenvalue weighted by molar-refractivity contribution is 9.10. The summed E-state index contributed by atoms with van der Waals surface area (Å²) in [6.07, 6.45) is 0. The first-order valence-electron chi connectivity index (χ1n) is 5.80. The maximum atomic E-state index is 5.34. The van der Waals surface area contributed by atoms with Crippen molar-refractivity contribution in [1.29, 1.82) is 0 Å². The smallest absolute Gasteiger partial charge is 0.133 e. The van der Waals surface area contributed by atoms with Gasteiger partial charge >= 0.3 is 0 Å². The lowest BCUT2D eigenvalue weighted by Gasteiger charge is -2.32. The Kier molecular flexibility index (Phi) is 4.62. The zero-order valence-electron chi connectivity index (χ0n) is 11.6. The number of methoxy groups -OCH3 is 1. The number of nitrogens with zero attached hydrogens (tertiary/aromatic N) is 1. The van der Waals surface area contributed by atoms with E-state index in [2.05, 4.69) is 67.7 Å². The molecule has 0 saturated heterocycles. The van der Waals surface area contributed by atoms with E-state index in [1.165, 1.54) is 11.1 Å². The quantitative estimate of drug-likeness (QED) is 0.836. The molecule has 1 aromatic carbocycles. The zero-order chi connectivity index (χ0) is 13.2. The first-order valence-corrected chi connectivity index (χ1v) is 6.59. The highest BCUT2D eigenvalue weighted by atomic mass is 79.9. The summed E-state index contributed by atoms with van der Waals surface area (Å²) < 4.78 is 6.36. The fourth-order valence-electron chi connectivity index (χ4n) is 1.51. The average Bonchev–Trinajstić information content (AvgIpc) is 2.20. The maximum absolute atomic E-state index is 5.34. The lowest BCUT2D eigenvalue weighted by molar-refractivity contribution is 0.167. The first kappa shape index (κ1) is 14.5. The van der Waals surface area contributed by atoms with Crippen molar-refractivity contribution in [2.24, 2.45) is 0 Å². The maximum Gasteiger partial charge on any atom is 0.133 e. The van der Waals surface area contributed by atoms with Gasteiger partial charge in [-0.1, -0.05) is 0 Å². The summed E-state index contributed by atoms with van der Waals surface area (Å²) in [6.45, 7) is 9.73. The van der Waals surface area contributed by atoms with Gasteiger partial charge in [0.05, 0.1) is 11.6 Å². The van der Waals surface area contributed by atoms with Crippen molar-refractivity contribution in [2.75, 3.05) is 14.2 Å². The van der Waals surface area contributed by atoms with E-state index in [1.807, 2.05) is 0 Å². The van der Waals surface area contributed by atoms with Gasteiger partial charge < -0.3 is 4.74 Å². The number of hydrogen-bond donors (Lipinski definition) is 0. The van der Waals surface area contributed by atoms with Crippen LogP contribution in [0, 0.1) is 6.92 Å². The van der Waals surface area contributed by atoms with Crippen molar-refractivity contribution in [3.05, 3.63) is 27.7 Å². The molecule has 0 amide bonds. The van der Waals surface area contributed by atoms with E-state index in [4.69, 9.17) is 4.74 Å². The van der Waals surface area contributed by atoms with Gasteiger partial charge in [-0.05, 0) is 73.9 Å². The largest absolute Gasteiger partial charge is 0.496 e. The van der Waals surface area contributed by atoms with Crippen LogP contribution in [0.5, 0.6) is 5.75 Å². The van der Waals surface area contributed by atoms with Crippen LogP contribution in [0.3, 0.4) is 0 Å². The Morgan fingerprint density at radius 3 is 2.35 bits per heavy atom. The van der Waals surface area contributed by atoms with Gasteiger partial charge in [0.15, 0.2) is 0 Å². The van der Waals surface area contributed by atoms with Crippen LogP contribution in [0.25, 0.3) is 0 Å². The molecule has 0 spiro atoms. The molecule has 0 radical (unpaired) electrons. The monoisotopic (exact) mass is 299 g/mol. The summed E-state index contributed by atoms with van der Waals surface area (Å²) in [5, 5.41) is 0. The minimum Gasteiger partial charge on any atom is -0.496 e. The van der Waals surface area contributed by atoms with Gasteiger partial charge in [0.2, 0.25) is 0 Å². The van der Waals surface area contributed by atoms with Gasteiger partial charge in [0.25, 0.3) is 0 Å². The topological polar surface area (TPSA) is 12.5 Å². The summed E-state index contributed by atoms with van der Waals surface area (Å²) in [7, 11) is 3.85. The Balaban J connectivity index is 2.99. The van der Waals surface area contributed by atoms with Gasteiger partial charge in [-0.3, -0.25) is 4.90 Å². The summed E-state index contributed by atoms with van der Waals surface area (Å²) in [6, 6.07) is 4.23. The molecule has 0 aliphatic heterocycles. The van der Waals surface area contributed by atoms with Crippen molar-refractivity contribution in [3.63, 3.8) is 0 Å². The van der Waals surface area contributed by atoms with E-state index in [0.29, 0.717) is 0 Å². The number of aryl methyl sites for hydroxylation is 1. The molecule has 0 atom stereocenters. The summed E-state index contributed by atoms with van der Waals surface area (Å²) in [5.74, 6) is 0.896. The number of ether oxygens (including phenoxy) is 1. The third kappa shape index (κ3) is 3.71. The third-order valence-electron chi connectivity index (χ3n) is 3.16.